The third-order valence-electron chi connectivity index (χ3n) is 7.11. The second kappa shape index (κ2) is 13.4. The number of ether oxygens (including phenoxy) is 2. The summed E-state index contributed by atoms with van der Waals surface area (Å²) in [6.07, 6.45) is -0.682. The summed E-state index contributed by atoms with van der Waals surface area (Å²) < 4.78 is 10.2. The highest BCUT2D eigenvalue weighted by Gasteiger charge is 2.34. The van der Waals surface area contributed by atoms with E-state index in [4.69, 9.17) is 9.47 Å². The number of methoxy groups -OCH3 is 2. The summed E-state index contributed by atoms with van der Waals surface area (Å²) >= 11 is 1.36. The van der Waals surface area contributed by atoms with Crippen molar-refractivity contribution in [1.82, 2.24) is 10.2 Å². The van der Waals surface area contributed by atoms with E-state index in [9.17, 15) is 24.3 Å². The highest BCUT2D eigenvalue weighted by atomic mass is 32.1. The second-order valence-corrected chi connectivity index (χ2v) is 11.0. The summed E-state index contributed by atoms with van der Waals surface area (Å²) in [6, 6.07) is 14.2. The van der Waals surface area contributed by atoms with Crippen molar-refractivity contribution in [2.24, 2.45) is 0 Å². The van der Waals surface area contributed by atoms with Gasteiger partial charge < -0.3 is 35.0 Å². The Balaban J connectivity index is 1.67. The molecule has 3 unspecified atom stereocenters. The molecule has 12 heteroatoms. The van der Waals surface area contributed by atoms with Crippen LogP contribution in [0.5, 0.6) is 5.75 Å². The lowest BCUT2D eigenvalue weighted by Gasteiger charge is -2.45. The van der Waals surface area contributed by atoms with Crippen molar-refractivity contribution in [1.29, 1.82) is 0 Å². The Hall–Kier alpha value is -4.58. The van der Waals surface area contributed by atoms with Crippen molar-refractivity contribution in [3.05, 3.63) is 76.0 Å². The van der Waals surface area contributed by atoms with Gasteiger partial charge in [-0.2, -0.15) is 0 Å². The maximum atomic E-state index is 13.4. The molecule has 2 heterocycles. The molecule has 1 saturated heterocycles. The first-order valence-electron chi connectivity index (χ1n) is 13.4. The van der Waals surface area contributed by atoms with Crippen LogP contribution in [0.15, 0.2) is 60.0 Å². The number of benzene rings is 2. The number of carboxylic acids is 1. The number of thiophene rings is 1. The smallest absolute Gasteiger partial charge is 0.409 e. The molecule has 2 aromatic carbocycles. The Morgan fingerprint density at radius 2 is 1.74 bits per heavy atom. The summed E-state index contributed by atoms with van der Waals surface area (Å²) in [5.41, 5.74) is 1.69. The molecule has 3 amide bonds. The molecular formula is C30H34N4O7S. The molecule has 3 atom stereocenters. The number of aliphatic carboxylic acids is 1. The van der Waals surface area contributed by atoms with Crippen LogP contribution in [-0.2, 0) is 9.53 Å². The summed E-state index contributed by atoms with van der Waals surface area (Å²) in [7, 11) is 2.86. The highest BCUT2D eigenvalue weighted by molar-refractivity contribution is 7.10. The van der Waals surface area contributed by atoms with Gasteiger partial charge in [0.15, 0.2) is 0 Å². The van der Waals surface area contributed by atoms with Gasteiger partial charge in [-0.3, -0.25) is 14.4 Å². The molecule has 0 bridgehead atoms. The zero-order valence-electron chi connectivity index (χ0n) is 23.8. The van der Waals surface area contributed by atoms with Gasteiger partial charge in [0.25, 0.3) is 11.8 Å². The van der Waals surface area contributed by atoms with Gasteiger partial charge in [0.2, 0.25) is 0 Å². The van der Waals surface area contributed by atoms with Gasteiger partial charge in [0.05, 0.1) is 38.1 Å². The predicted molar refractivity (Wildman–Crippen MR) is 160 cm³/mol. The van der Waals surface area contributed by atoms with Gasteiger partial charge in [0.1, 0.15) is 5.75 Å². The number of carbonyl (C=O) groups excluding carboxylic acids is 3. The first-order chi connectivity index (χ1) is 20.1. The Morgan fingerprint density at radius 3 is 2.40 bits per heavy atom. The number of amides is 3. The van der Waals surface area contributed by atoms with Crippen molar-refractivity contribution in [3.63, 3.8) is 0 Å². The molecule has 4 rings (SSSR count). The first kappa shape index (κ1) is 30.4. The van der Waals surface area contributed by atoms with Crippen LogP contribution in [0.2, 0.25) is 0 Å². The number of nitrogens with one attached hydrogen (secondary N) is 2. The Bertz CT molecular complexity index is 1450. The van der Waals surface area contributed by atoms with E-state index in [0.717, 1.165) is 4.88 Å². The van der Waals surface area contributed by atoms with Crippen LogP contribution in [0.25, 0.3) is 0 Å². The largest absolute Gasteiger partial charge is 0.497 e. The first-order valence-corrected chi connectivity index (χ1v) is 14.3. The van der Waals surface area contributed by atoms with E-state index >= 15 is 0 Å². The average molecular weight is 595 g/mol. The zero-order chi connectivity index (χ0) is 30.4. The summed E-state index contributed by atoms with van der Waals surface area (Å²) in [4.78, 5) is 55.0. The van der Waals surface area contributed by atoms with Crippen LogP contribution < -0.4 is 20.3 Å². The molecule has 222 valence electrons. The van der Waals surface area contributed by atoms with E-state index in [1.807, 2.05) is 19.2 Å². The Kier molecular flexibility index (Phi) is 9.68. The van der Waals surface area contributed by atoms with E-state index in [0.29, 0.717) is 35.8 Å². The summed E-state index contributed by atoms with van der Waals surface area (Å²) in [5, 5.41) is 17.0. The van der Waals surface area contributed by atoms with Crippen LogP contribution >= 0.6 is 11.3 Å². The maximum absolute atomic E-state index is 13.4. The van der Waals surface area contributed by atoms with Crippen molar-refractivity contribution in [2.45, 2.75) is 38.4 Å². The molecule has 1 aromatic heterocycles. The number of rotatable bonds is 9. The molecule has 0 aliphatic carbocycles. The Labute approximate surface area is 248 Å². The van der Waals surface area contributed by atoms with Gasteiger partial charge in [-0.05, 0) is 61.7 Å². The lowest BCUT2D eigenvalue weighted by Crippen LogP contribution is -2.58. The van der Waals surface area contributed by atoms with Gasteiger partial charge in [-0.1, -0.05) is 12.1 Å². The summed E-state index contributed by atoms with van der Waals surface area (Å²) in [5.74, 6) is -1.39. The fourth-order valence-corrected chi connectivity index (χ4v) is 5.73. The van der Waals surface area contributed by atoms with Gasteiger partial charge in [-0.15, -0.1) is 11.3 Å². The number of carbonyl (C=O) groups is 4. The molecule has 3 N–H and O–H groups in total. The molecule has 1 fully saturated rings. The lowest BCUT2D eigenvalue weighted by molar-refractivity contribution is -0.137. The lowest BCUT2D eigenvalue weighted by atomic mass is 10.0. The van der Waals surface area contributed by atoms with Crippen LogP contribution in [0, 0.1) is 0 Å². The quantitative estimate of drug-likeness (QED) is 0.326. The molecular weight excluding hydrogens is 560 g/mol. The minimum Gasteiger partial charge on any atom is -0.497 e. The average Bonchev–Trinajstić information content (AvgIpc) is 3.52. The number of hydrogen-bond donors (Lipinski definition) is 3. The molecule has 11 nitrogen and oxygen atoms in total. The second-order valence-electron chi connectivity index (χ2n) is 10.0. The van der Waals surface area contributed by atoms with Crippen LogP contribution in [0.3, 0.4) is 0 Å². The topological polar surface area (TPSA) is 138 Å². The van der Waals surface area contributed by atoms with Crippen molar-refractivity contribution in [3.8, 4) is 5.75 Å². The van der Waals surface area contributed by atoms with E-state index < -0.39 is 29.9 Å². The number of nitrogens with zero attached hydrogens (tertiary/aromatic N) is 2. The number of hydrogen-bond acceptors (Lipinski definition) is 8. The fourth-order valence-electron chi connectivity index (χ4n) is 4.95. The minimum atomic E-state index is -1.04. The van der Waals surface area contributed by atoms with E-state index in [-0.39, 0.29) is 24.1 Å². The predicted octanol–water partition coefficient (Wildman–Crippen LogP) is 4.62. The van der Waals surface area contributed by atoms with Crippen LogP contribution in [-0.4, -0.2) is 73.3 Å². The molecule has 42 heavy (non-hydrogen) atoms. The molecule has 0 saturated carbocycles. The van der Waals surface area contributed by atoms with Gasteiger partial charge in [0, 0.05) is 41.2 Å². The van der Waals surface area contributed by atoms with Gasteiger partial charge >= 0.3 is 12.1 Å². The number of piperazine rings is 1. The third kappa shape index (κ3) is 7.00. The van der Waals surface area contributed by atoms with Crippen molar-refractivity contribution < 1.29 is 33.8 Å². The fraction of sp³-hybridized carbons (Fsp3) is 0.333. The molecule has 3 aromatic rings. The zero-order valence-corrected chi connectivity index (χ0v) is 24.6. The van der Waals surface area contributed by atoms with Crippen LogP contribution in [0.1, 0.15) is 51.9 Å². The molecule has 1 aliphatic heterocycles. The van der Waals surface area contributed by atoms with Crippen molar-refractivity contribution in [2.75, 3.05) is 37.5 Å². The number of carboxylic acid groups (broad SMARTS) is 1. The monoisotopic (exact) mass is 594 g/mol. The SMILES string of the molecule is COC(=O)N1CC(C)N(c2ccc(C(=O)NC(CC(=O)O)c3cccs3)cc2NC(=O)c2cccc(OC)c2)CC1C. The van der Waals surface area contributed by atoms with E-state index in [1.165, 1.54) is 25.6 Å². The minimum absolute atomic E-state index is 0.133. The van der Waals surface area contributed by atoms with E-state index in [1.54, 1.807) is 59.5 Å². The molecule has 0 spiro atoms. The molecule has 0 radical (unpaired) electrons. The van der Waals surface area contributed by atoms with Crippen LogP contribution in [0.4, 0.5) is 16.2 Å². The standard InChI is InChI=1S/C30H34N4O7S/c1-18-17-34(30(39)41-4)19(2)16-33(18)25-11-10-21(29(38)32-24(15-27(35)36)26-9-6-12-42-26)14-23(25)31-28(37)20-7-5-8-22(13-20)40-3/h5-14,18-19,24H,15-17H2,1-4H3,(H,31,37)(H,32,38)(H,35,36). The normalized spacial score (nSPS) is 17.2. The highest BCUT2D eigenvalue weighted by Crippen LogP contribution is 2.33. The third-order valence-corrected chi connectivity index (χ3v) is 8.10. The van der Waals surface area contributed by atoms with Gasteiger partial charge in [-0.25, -0.2) is 4.79 Å². The molecule has 1 aliphatic rings. The number of anilines is 2. The summed E-state index contributed by atoms with van der Waals surface area (Å²) in [6.45, 7) is 4.74. The Morgan fingerprint density at radius 1 is 0.976 bits per heavy atom. The maximum Gasteiger partial charge on any atom is 0.409 e. The van der Waals surface area contributed by atoms with E-state index in [2.05, 4.69) is 15.5 Å². The van der Waals surface area contributed by atoms with Crippen molar-refractivity contribution >= 4 is 46.6 Å².